The topological polar surface area (TPSA) is 12.0 Å². The fourth-order valence-corrected chi connectivity index (χ4v) is 4.08. The van der Waals surface area contributed by atoms with Crippen LogP contribution in [0.3, 0.4) is 0 Å². The third kappa shape index (κ3) is 4.54. The molecule has 1 aliphatic carbocycles. The van der Waals surface area contributed by atoms with Gasteiger partial charge in [0.05, 0.1) is 0 Å². The highest BCUT2D eigenvalue weighted by atomic mass is 32.2. The summed E-state index contributed by atoms with van der Waals surface area (Å²) in [7, 11) is 0. The largest absolute Gasteiger partial charge is 0.314 e. The molecule has 1 N–H and O–H groups in total. The summed E-state index contributed by atoms with van der Waals surface area (Å²) in [6.07, 6.45) is 6.37. The van der Waals surface area contributed by atoms with Crippen LogP contribution in [-0.4, -0.2) is 17.8 Å². The second-order valence-corrected chi connectivity index (χ2v) is 7.32. The van der Waals surface area contributed by atoms with Gasteiger partial charge in [-0.15, -0.1) is 11.8 Å². The summed E-state index contributed by atoms with van der Waals surface area (Å²) in [6.45, 7) is 8.01. The molecule has 0 spiro atoms. The van der Waals surface area contributed by atoms with Gasteiger partial charge in [0.2, 0.25) is 0 Å². The Labute approximate surface area is 122 Å². The summed E-state index contributed by atoms with van der Waals surface area (Å²) in [4.78, 5) is 1.45. The SMILES string of the molecule is CCCNC(C)CC(C)Sc1ccc2c(c1)CCC2. The van der Waals surface area contributed by atoms with E-state index in [0.29, 0.717) is 11.3 Å². The van der Waals surface area contributed by atoms with Gasteiger partial charge in [-0.1, -0.05) is 19.9 Å². The molecule has 2 rings (SSSR count). The van der Waals surface area contributed by atoms with Gasteiger partial charge in [-0.05, 0) is 68.8 Å². The minimum absolute atomic E-state index is 0.622. The molecule has 0 radical (unpaired) electrons. The highest BCUT2D eigenvalue weighted by Crippen LogP contribution is 2.31. The van der Waals surface area contributed by atoms with E-state index in [1.54, 1.807) is 11.1 Å². The first-order valence-corrected chi connectivity index (χ1v) is 8.59. The molecular weight excluding hydrogens is 250 g/mol. The van der Waals surface area contributed by atoms with E-state index < -0.39 is 0 Å². The predicted molar refractivity (Wildman–Crippen MR) is 86.2 cm³/mol. The van der Waals surface area contributed by atoms with Gasteiger partial charge >= 0.3 is 0 Å². The van der Waals surface area contributed by atoms with Gasteiger partial charge in [-0.25, -0.2) is 0 Å². The Morgan fingerprint density at radius 1 is 1.21 bits per heavy atom. The normalized spacial score (nSPS) is 17.2. The molecule has 1 aliphatic rings. The van der Waals surface area contributed by atoms with E-state index in [9.17, 15) is 0 Å². The highest BCUT2D eigenvalue weighted by molar-refractivity contribution is 7.99. The number of fused-ring (bicyclic) bond motifs is 1. The van der Waals surface area contributed by atoms with E-state index in [-0.39, 0.29) is 0 Å². The molecule has 2 atom stereocenters. The van der Waals surface area contributed by atoms with Crippen molar-refractivity contribution < 1.29 is 0 Å². The summed E-state index contributed by atoms with van der Waals surface area (Å²) >= 11 is 2.03. The Bertz CT molecular complexity index is 402. The van der Waals surface area contributed by atoms with E-state index in [1.807, 2.05) is 11.8 Å². The van der Waals surface area contributed by atoms with Gasteiger partial charge in [-0.3, -0.25) is 0 Å². The van der Waals surface area contributed by atoms with Crippen molar-refractivity contribution in [2.45, 2.75) is 69.1 Å². The average molecular weight is 277 g/mol. The number of rotatable bonds is 7. The van der Waals surface area contributed by atoms with Crippen LogP contribution >= 0.6 is 11.8 Å². The lowest BCUT2D eigenvalue weighted by Crippen LogP contribution is -2.29. The molecular formula is C17H27NS. The van der Waals surface area contributed by atoms with Crippen LogP contribution in [0.5, 0.6) is 0 Å². The molecule has 106 valence electrons. The third-order valence-electron chi connectivity index (χ3n) is 3.84. The second-order valence-electron chi connectivity index (χ2n) is 5.80. The number of aryl methyl sites for hydroxylation is 2. The zero-order valence-corrected chi connectivity index (χ0v) is 13.4. The lowest BCUT2D eigenvalue weighted by molar-refractivity contribution is 0.513. The molecule has 19 heavy (non-hydrogen) atoms. The van der Waals surface area contributed by atoms with E-state index in [0.717, 1.165) is 6.54 Å². The number of benzene rings is 1. The van der Waals surface area contributed by atoms with Gasteiger partial charge in [0, 0.05) is 16.2 Å². The van der Waals surface area contributed by atoms with E-state index >= 15 is 0 Å². The van der Waals surface area contributed by atoms with Gasteiger partial charge in [0.15, 0.2) is 0 Å². The molecule has 0 saturated heterocycles. The van der Waals surface area contributed by atoms with Crippen molar-refractivity contribution in [1.82, 2.24) is 5.32 Å². The first-order valence-electron chi connectivity index (χ1n) is 7.71. The smallest absolute Gasteiger partial charge is 0.00807 e. The van der Waals surface area contributed by atoms with Crippen molar-refractivity contribution in [2.75, 3.05) is 6.54 Å². The number of hydrogen-bond acceptors (Lipinski definition) is 2. The van der Waals surface area contributed by atoms with Gasteiger partial charge in [0.1, 0.15) is 0 Å². The molecule has 0 aliphatic heterocycles. The van der Waals surface area contributed by atoms with Crippen molar-refractivity contribution in [3.63, 3.8) is 0 Å². The average Bonchev–Trinajstić information content (AvgIpc) is 2.83. The van der Waals surface area contributed by atoms with Gasteiger partial charge in [0.25, 0.3) is 0 Å². The van der Waals surface area contributed by atoms with Crippen LogP contribution in [0.2, 0.25) is 0 Å². The maximum absolute atomic E-state index is 3.58. The third-order valence-corrected chi connectivity index (χ3v) is 4.96. The molecule has 1 aromatic rings. The van der Waals surface area contributed by atoms with Crippen LogP contribution in [0.25, 0.3) is 0 Å². The lowest BCUT2D eigenvalue weighted by atomic mass is 10.1. The van der Waals surface area contributed by atoms with E-state index in [1.165, 1.54) is 37.0 Å². The molecule has 2 heteroatoms. The van der Waals surface area contributed by atoms with Crippen LogP contribution in [0, 0.1) is 0 Å². The van der Waals surface area contributed by atoms with Crippen LogP contribution in [0.4, 0.5) is 0 Å². The minimum Gasteiger partial charge on any atom is -0.314 e. The molecule has 0 amide bonds. The second kappa shape index (κ2) is 7.35. The van der Waals surface area contributed by atoms with Crippen molar-refractivity contribution in [3.05, 3.63) is 29.3 Å². The van der Waals surface area contributed by atoms with Gasteiger partial charge in [-0.2, -0.15) is 0 Å². The molecule has 0 bridgehead atoms. The number of hydrogen-bond donors (Lipinski definition) is 1. The molecule has 1 nitrogen and oxygen atoms in total. The lowest BCUT2D eigenvalue weighted by Gasteiger charge is -2.18. The minimum atomic E-state index is 0.622. The van der Waals surface area contributed by atoms with Crippen molar-refractivity contribution >= 4 is 11.8 Å². The zero-order valence-electron chi connectivity index (χ0n) is 12.5. The molecule has 0 saturated carbocycles. The number of nitrogens with one attached hydrogen (secondary N) is 1. The zero-order chi connectivity index (χ0) is 13.7. The maximum Gasteiger partial charge on any atom is 0.00807 e. The monoisotopic (exact) mass is 277 g/mol. The fraction of sp³-hybridized carbons (Fsp3) is 0.647. The number of thioether (sulfide) groups is 1. The van der Waals surface area contributed by atoms with E-state index in [2.05, 4.69) is 44.3 Å². The summed E-state index contributed by atoms with van der Waals surface area (Å²) in [5.41, 5.74) is 3.17. The molecule has 0 fully saturated rings. The summed E-state index contributed by atoms with van der Waals surface area (Å²) < 4.78 is 0. The molecule has 2 unspecified atom stereocenters. The maximum atomic E-state index is 3.58. The fourth-order valence-electron chi connectivity index (χ4n) is 2.87. The predicted octanol–water partition coefficient (Wildman–Crippen LogP) is 4.43. The molecule has 0 aromatic heterocycles. The van der Waals surface area contributed by atoms with Crippen molar-refractivity contribution in [1.29, 1.82) is 0 Å². The first kappa shape index (κ1) is 14.9. The Morgan fingerprint density at radius 2 is 2.00 bits per heavy atom. The summed E-state index contributed by atoms with van der Waals surface area (Å²) in [5, 5.41) is 4.26. The Hall–Kier alpha value is -0.470. The van der Waals surface area contributed by atoms with Crippen LogP contribution in [0.15, 0.2) is 23.1 Å². The molecule has 0 heterocycles. The Kier molecular flexibility index (Phi) is 5.77. The van der Waals surface area contributed by atoms with Crippen LogP contribution in [0.1, 0.15) is 51.2 Å². The first-order chi connectivity index (χ1) is 9.19. The van der Waals surface area contributed by atoms with Crippen molar-refractivity contribution in [3.8, 4) is 0 Å². The Morgan fingerprint density at radius 3 is 2.79 bits per heavy atom. The summed E-state index contributed by atoms with van der Waals surface area (Å²) in [5.74, 6) is 0. The quantitative estimate of drug-likeness (QED) is 0.740. The van der Waals surface area contributed by atoms with Gasteiger partial charge < -0.3 is 5.32 Å². The standard InChI is InChI=1S/C17H27NS/c1-4-10-18-13(2)11-14(3)19-17-9-8-15-6-5-7-16(15)12-17/h8-9,12-14,18H,4-7,10-11H2,1-3H3. The van der Waals surface area contributed by atoms with Crippen LogP contribution < -0.4 is 5.32 Å². The van der Waals surface area contributed by atoms with E-state index in [4.69, 9.17) is 0 Å². The van der Waals surface area contributed by atoms with Crippen LogP contribution in [-0.2, 0) is 12.8 Å². The Balaban J connectivity index is 1.83. The highest BCUT2D eigenvalue weighted by Gasteiger charge is 2.13. The summed E-state index contributed by atoms with van der Waals surface area (Å²) in [6, 6.07) is 7.70. The molecule has 1 aromatic carbocycles. The van der Waals surface area contributed by atoms with Crippen molar-refractivity contribution in [2.24, 2.45) is 0 Å².